The zero-order valence-electron chi connectivity index (χ0n) is 12.5. The molecule has 5 nitrogen and oxygen atoms in total. The Morgan fingerprint density at radius 1 is 1.38 bits per heavy atom. The summed E-state index contributed by atoms with van der Waals surface area (Å²) >= 11 is 5.80. The van der Waals surface area contributed by atoms with Crippen LogP contribution in [0.1, 0.15) is 37.6 Å². The Bertz CT molecular complexity index is 520. The number of nitrogens with one attached hydrogen (secondary N) is 1. The molecular formula is C15H21ClN2O3. The predicted molar refractivity (Wildman–Crippen MR) is 84.1 cm³/mol. The third-order valence-corrected chi connectivity index (χ3v) is 3.68. The van der Waals surface area contributed by atoms with Crippen LogP contribution < -0.4 is 5.32 Å². The topological polar surface area (TPSA) is 69.6 Å². The van der Waals surface area contributed by atoms with Crippen molar-refractivity contribution in [2.45, 2.75) is 27.2 Å². The van der Waals surface area contributed by atoms with Gasteiger partial charge >= 0.3 is 12.0 Å². The van der Waals surface area contributed by atoms with Crippen molar-refractivity contribution in [1.82, 2.24) is 4.90 Å². The number of amides is 2. The van der Waals surface area contributed by atoms with E-state index in [1.54, 1.807) is 11.0 Å². The number of carbonyl (C=O) groups excluding carboxylic acids is 1. The van der Waals surface area contributed by atoms with Crippen LogP contribution in [0, 0.1) is 5.92 Å². The Hall–Kier alpha value is -1.75. The molecule has 0 bridgehead atoms. The molecule has 0 radical (unpaired) electrons. The first-order chi connectivity index (χ1) is 9.88. The number of hydrogen-bond acceptors (Lipinski definition) is 2. The molecule has 0 fully saturated rings. The maximum atomic E-state index is 12.2. The van der Waals surface area contributed by atoms with E-state index in [2.05, 4.69) is 19.2 Å². The molecule has 0 aliphatic rings. The van der Waals surface area contributed by atoms with Crippen LogP contribution in [-0.4, -0.2) is 35.1 Å². The Kier molecular flexibility index (Phi) is 6.49. The number of rotatable bonds is 6. The van der Waals surface area contributed by atoms with Crippen LogP contribution in [-0.2, 0) is 0 Å². The molecule has 1 aromatic carbocycles. The van der Waals surface area contributed by atoms with Crippen molar-refractivity contribution in [3.05, 3.63) is 28.8 Å². The Labute approximate surface area is 129 Å². The molecule has 1 atom stereocenters. The van der Waals surface area contributed by atoms with Crippen molar-refractivity contribution < 1.29 is 14.7 Å². The molecule has 0 spiro atoms. The highest BCUT2D eigenvalue weighted by Crippen LogP contribution is 2.21. The molecule has 0 saturated heterocycles. The van der Waals surface area contributed by atoms with Gasteiger partial charge in [-0.25, -0.2) is 9.59 Å². The van der Waals surface area contributed by atoms with Gasteiger partial charge in [-0.1, -0.05) is 31.9 Å². The molecule has 1 rings (SSSR count). The van der Waals surface area contributed by atoms with Crippen molar-refractivity contribution in [1.29, 1.82) is 0 Å². The van der Waals surface area contributed by atoms with E-state index < -0.39 is 5.97 Å². The SMILES string of the molecule is CCC(C)CN(CC)C(=O)Nc1ccc(Cl)c(C(=O)O)c1. The largest absolute Gasteiger partial charge is 0.478 e. The van der Waals surface area contributed by atoms with Gasteiger partial charge in [0.1, 0.15) is 0 Å². The average Bonchev–Trinajstić information content (AvgIpc) is 2.45. The second kappa shape index (κ2) is 7.88. The summed E-state index contributed by atoms with van der Waals surface area (Å²) < 4.78 is 0. The number of aromatic carboxylic acids is 1. The normalized spacial score (nSPS) is 11.8. The molecule has 2 N–H and O–H groups in total. The van der Waals surface area contributed by atoms with Gasteiger partial charge in [-0.15, -0.1) is 0 Å². The molecular weight excluding hydrogens is 292 g/mol. The van der Waals surface area contributed by atoms with Gasteiger partial charge in [-0.2, -0.15) is 0 Å². The highest BCUT2D eigenvalue weighted by atomic mass is 35.5. The van der Waals surface area contributed by atoms with Gasteiger partial charge in [0, 0.05) is 18.8 Å². The lowest BCUT2D eigenvalue weighted by atomic mass is 10.1. The van der Waals surface area contributed by atoms with E-state index in [0.717, 1.165) is 6.42 Å². The quantitative estimate of drug-likeness (QED) is 0.836. The Balaban J connectivity index is 2.82. The standard InChI is InChI=1S/C15H21ClN2O3/c1-4-10(3)9-18(5-2)15(21)17-11-6-7-13(16)12(8-11)14(19)20/h6-8,10H,4-5,9H2,1-3H3,(H,17,21)(H,19,20). The third-order valence-electron chi connectivity index (χ3n) is 3.35. The number of hydrogen-bond donors (Lipinski definition) is 2. The number of anilines is 1. The first-order valence-corrected chi connectivity index (χ1v) is 7.35. The van der Waals surface area contributed by atoms with E-state index in [9.17, 15) is 9.59 Å². The van der Waals surface area contributed by atoms with Crippen LogP contribution in [0.2, 0.25) is 5.02 Å². The van der Waals surface area contributed by atoms with Crippen molar-refractivity contribution in [2.75, 3.05) is 18.4 Å². The number of carboxylic acid groups (broad SMARTS) is 1. The summed E-state index contributed by atoms with van der Waals surface area (Å²) in [5.74, 6) is -0.710. The predicted octanol–water partition coefficient (Wildman–Crippen LogP) is 3.94. The number of nitrogens with zero attached hydrogens (tertiary/aromatic N) is 1. The van der Waals surface area contributed by atoms with Gasteiger partial charge in [0.2, 0.25) is 0 Å². The minimum absolute atomic E-state index is 0.0283. The van der Waals surface area contributed by atoms with E-state index in [-0.39, 0.29) is 16.6 Å². The minimum atomic E-state index is -1.12. The van der Waals surface area contributed by atoms with Crippen molar-refractivity contribution in [3.8, 4) is 0 Å². The van der Waals surface area contributed by atoms with Crippen LogP contribution in [0.3, 0.4) is 0 Å². The number of halogens is 1. The van der Waals surface area contributed by atoms with E-state index >= 15 is 0 Å². The van der Waals surface area contributed by atoms with Gasteiger partial charge in [-0.05, 0) is 31.0 Å². The van der Waals surface area contributed by atoms with Crippen LogP contribution in [0.5, 0.6) is 0 Å². The van der Waals surface area contributed by atoms with Gasteiger partial charge in [0.05, 0.1) is 10.6 Å². The number of carbonyl (C=O) groups is 2. The van der Waals surface area contributed by atoms with Crippen molar-refractivity contribution in [2.24, 2.45) is 5.92 Å². The lowest BCUT2D eigenvalue weighted by Crippen LogP contribution is -2.37. The van der Waals surface area contributed by atoms with Crippen LogP contribution >= 0.6 is 11.6 Å². The van der Waals surface area contributed by atoms with Gasteiger partial charge in [0.15, 0.2) is 0 Å². The summed E-state index contributed by atoms with van der Waals surface area (Å²) in [5, 5.41) is 11.9. The Morgan fingerprint density at radius 3 is 2.57 bits per heavy atom. The van der Waals surface area contributed by atoms with E-state index in [4.69, 9.17) is 16.7 Å². The van der Waals surface area contributed by atoms with E-state index in [1.165, 1.54) is 12.1 Å². The average molecular weight is 313 g/mol. The molecule has 6 heteroatoms. The van der Waals surface area contributed by atoms with Gasteiger partial charge < -0.3 is 15.3 Å². The fraction of sp³-hybridized carbons (Fsp3) is 0.467. The molecule has 21 heavy (non-hydrogen) atoms. The first-order valence-electron chi connectivity index (χ1n) is 6.97. The molecule has 1 aromatic rings. The highest BCUT2D eigenvalue weighted by molar-refractivity contribution is 6.33. The lowest BCUT2D eigenvalue weighted by Gasteiger charge is -2.24. The molecule has 0 aliphatic carbocycles. The second-order valence-corrected chi connectivity index (χ2v) is 5.39. The molecule has 0 aromatic heterocycles. The van der Waals surface area contributed by atoms with Gasteiger partial charge in [-0.3, -0.25) is 0 Å². The summed E-state index contributed by atoms with van der Waals surface area (Å²) in [6.45, 7) is 7.33. The molecule has 1 unspecified atom stereocenters. The smallest absolute Gasteiger partial charge is 0.337 e. The fourth-order valence-electron chi connectivity index (χ4n) is 1.83. The maximum absolute atomic E-state index is 12.2. The molecule has 0 heterocycles. The summed E-state index contributed by atoms with van der Waals surface area (Å²) in [7, 11) is 0. The van der Waals surface area contributed by atoms with Crippen molar-refractivity contribution >= 4 is 29.3 Å². The fourth-order valence-corrected chi connectivity index (χ4v) is 2.03. The zero-order valence-corrected chi connectivity index (χ0v) is 13.3. The van der Waals surface area contributed by atoms with Crippen LogP contribution in [0.25, 0.3) is 0 Å². The minimum Gasteiger partial charge on any atom is -0.478 e. The summed E-state index contributed by atoms with van der Waals surface area (Å²) in [5.41, 5.74) is 0.392. The van der Waals surface area contributed by atoms with Crippen LogP contribution in [0.4, 0.5) is 10.5 Å². The third kappa shape index (κ3) is 4.93. The molecule has 0 aliphatic heterocycles. The summed E-state index contributed by atoms with van der Waals surface area (Å²) in [6, 6.07) is 4.17. The van der Waals surface area contributed by atoms with E-state index in [1.807, 2.05) is 6.92 Å². The molecule has 0 saturated carbocycles. The molecule has 2 amide bonds. The van der Waals surface area contributed by atoms with Crippen LogP contribution in [0.15, 0.2) is 18.2 Å². The maximum Gasteiger partial charge on any atom is 0.337 e. The first kappa shape index (κ1) is 17.3. The summed E-state index contributed by atoms with van der Waals surface area (Å²) in [4.78, 5) is 24.9. The monoisotopic (exact) mass is 312 g/mol. The summed E-state index contributed by atoms with van der Waals surface area (Å²) in [6.07, 6.45) is 0.994. The highest BCUT2D eigenvalue weighted by Gasteiger charge is 2.16. The second-order valence-electron chi connectivity index (χ2n) is 4.98. The lowest BCUT2D eigenvalue weighted by molar-refractivity contribution is 0.0697. The Morgan fingerprint density at radius 2 is 2.05 bits per heavy atom. The van der Waals surface area contributed by atoms with Gasteiger partial charge in [0.25, 0.3) is 0 Å². The molecule has 116 valence electrons. The van der Waals surface area contributed by atoms with Crippen molar-refractivity contribution in [3.63, 3.8) is 0 Å². The number of carboxylic acids is 1. The zero-order chi connectivity index (χ0) is 16.0. The number of benzene rings is 1. The number of urea groups is 1. The van der Waals surface area contributed by atoms with E-state index in [0.29, 0.717) is 24.7 Å².